The van der Waals surface area contributed by atoms with Gasteiger partial charge in [0.15, 0.2) is 0 Å². The first-order valence-electron chi connectivity index (χ1n) is 17.1. The number of aliphatic hydroxyl groups excluding tert-OH is 2. The Kier molecular flexibility index (Phi) is 36.2. The summed E-state index contributed by atoms with van der Waals surface area (Å²) in [6, 6.07) is 0. The zero-order valence-electron chi connectivity index (χ0n) is 29.3. The second kappa shape index (κ2) is 34.1. The highest BCUT2D eigenvalue weighted by Crippen LogP contribution is 2.16. The van der Waals surface area contributed by atoms with Gasteiger partial charge in [0.2, 0.25) is 0 Å². The van der Waals surface area contributed by atoms with Gasteiger partial charge in [-0.3, -0.25) is 14.4 Å². The van der Waals surface area contributed by atoms with Gasteiger partial charge in [0, 0.05) is 13.2 Å². The first-order chi connectivity index (χ1) is 21.1. The number of carbonyl (C=O) groups excluding carboxylic acids is 2. The molecule has 0 rings (SSSR count). The Morgan fingerprint density at radius 1 is 0.545 bits per heavy atom. The van der Waals surface area contributed by atoms with Gasteiger partial charge in [0.05, 0.1) is 31.0 Å². The molecule has 0 saturated carbocycles. The first-order valence-corrected chi connectivity index (χ1v) is 17.1. The summed E-state index contributed by atoms with van der Waals surface area (Å²) < 4.78 is 21.3. The van der Waals surface area contributed by atoms with E-state index in [1.807, 2.05) is 34.6 Å². The fraction of sp³-hybridized carbons (Fsp3) is 0.912. The molecule has 0 heterocycles. The van der Waals surface area contributed by atoms with Gasteiger partial charge in [-0.2, -0.15) is 0 Å². The summed E-state index contributed by atoms with van der Waals surface area (Å²) in [7, 11) is 0. The van der Waals surface area contributed by atoms with E-state index in [4.69, 9.17) is 34.3 Å². The molecule has 0 aromatic rings. The average molecular weight is 637 g/mol. The number of aliphatic carboxylic acids is 1. The lowest BCUT2D eigenvalue weighted by molar-refractivity contribution is -0.160. The number of carbonyl (C=O) groups is 3. The van der Waals surface area contributed by atoms with Crippen LogP contribution in [0.4, 0.5) is 0 Å². The molecule has 0 aliphatic rings. The second-order valence-corrected chi connectivity index (χ2v) is 10.9. The van der Waals surface area contributed by atoms with E-state index in [1.165, 1.54) is 0 Å². The zero-order chi connectivity index (χ0) is 34.2. The minimum atomic E-state index is -0.643. The van der Waals surface area contributed by atoms with E-state index in [1.54, 1.807) is 0 Å². The third kappa shape index (κ3) is 26.6. The molecule has 3 N–H and O–H groups in total. The van der Waals surface area contributed by atoms with E-state index < -0.39 is 12.1 Å². The molecule has 0 radical (unpaired) electrons. The van der Waals surface area contributed by atoms with Crippen LogP contribution >= 0.6 is 0 Å². The Bertz CT molecular complexity index is 622. The first kappa shape index (κ1) is 46.7. The third-order valence-corrected chi connectivity index (χ3v) is 7.25. The van der Waals surface area contributed by atoms with Crippen molar-refractivity contribution in [2.45, 2.75) is 145 Å². The van der Waals surface area contributed by atoms with Crippen molar-refractivity contribution >= 4 is 17.9 Å². The summed E-state index contributed by atoms with van der Waals surface area (Å²) in [5.41, 5.74) is 0. The van der Waals surface area contributed by atoms with Gasteiger partial charge in [-0.25, -0.2) is 0 Å². The molecule has 10 nitrogen and oxygen atoms in total. The van der Waals surface area contributed by atoms with Crippen molar-refractivity contribution < 1.29 is 48.7 Å². The molecule has 0 fully saturated rings. The standard InChI is InChI=1S/C21H40O5.C8H16O2.C5H12O3/c1-6-11-13-17(8-3)20(22)25-15-19(24-10-5)16-26-21(23)18(9-4)14-12-7-2;1-3-5-6-7(4-2)8(9)10;1-2-8-5(3-6)4-7/h17-19H,6-16H2,1-5H3;7H,3-6H2,1-2H3,(H,9,10);5-7H,2-4H2,1H3. The minimum Gasteiger partial charge on any atom is -0.481 e. The Labute approximate surface area is 268 Å². The monoisotopic (exact) mass is 636 g/mol. The number of carboxylic acid groups (broad SMARTS) is 1. The van der Waals surface area contributed by atoms with Crippen LogP contribution in [0.5, 0.6) is 0 Å². The molecule has 3 atom stereocenters. The minimum absolute atomic E-state index is 0.0571. The van der Waals surface area contributed by atoms with Crippen LogP contribution in [0, 0.1) is 17.8 Å². The van der Waals surface area contributed by atoms with Gasteiger partial charge in [-0.15, -0.1) is 0 Å². The van der Waals surface area contributed by atoms with E-state index in [0.29, 0.717) is 13.2 Å². The predicted molar refractivity (Wildman–Crippen MR) is 174 cm³/mol. The summed E-state index contributed by atoms with van der Waals surface area (Å²) in [5, 5.41) is 25.3. The lowest BCUT2D eigenvalue weighted by Gasteiger charge is -2.21. The molecule has 0 spiro atoms. The van der Waals surface area contributed by atoms with E-state index in [2.05, 4.69) is 20.8 Å². The maximum absolute atomic E-state index is 12.2. The number of hydrogen-bond acceptors (Lipinski definition) is 9. The number of carboxylic acids is 1. The van der Waals surface area contributed by atoms with E-state index in [0.717, 1.165) is 77.0 Å². The van der Waals surface area contributed by atoms with Crippen molar-refractivity contribution in [1.82, 2.24) is 0 Å². The van der Waals surface area contributed by atoms with Crippen LogP contribution in [0.25, 0.3) is 0 Å². The molecule has 0 saturated heterocycles. The molecule has 264 valence electrons. The highest BCUT2D eigenvalue weighted by molar-refractivity contribution is 5.73. The summed E-state index contributed by atoms with van der Waals surface area (Å²) >= 11 is 0. The quantitative estimate of drug-likeness (QED) is 0.0939. The second-order valence-electron chi connectivity index (χ2n) is 10.9. The maximum atomic E-state index is 12.2. The fourth-order valence-corrected chi connectivity index (χ4v) is 4.20. The van der Waals surface area contributed by atoms with Gasteiger partial charge in [-0.05, 0) is 52.4 Å². The number of rotatable bonds is 25. The number of hydrogen-bond donors (Lipinski definition) is 3. The average Bonchev–Trinajstić information content (AvgIpc) is 3.02. The van der Waals surface area contributed by atoms with Gasteiger partial charge in [-0.1, -0.05) is 80.1 Å². The van der Waals surface area contributed by atoms with E-state index >= 15 is 0 Å². The van der Waals surface area contributed by atoms with Gasteiger partial charge >= 0.3 is 17.9 Å². The summed E-state index contributed by atoms with van der Waals surface area (Å²) in [6.45, 7) is 17.0. The number of unbranched alkanes of at least 4 members (excludes halogenated alkanes) is 3. The Balaban J connectivity index is -0.000000758. The van der Waals surface area contributed by atoms with Crippen LogP contribution < -0.4 is 0 Å². The predicted octanol–water partition coefficient (Wildman–Crippen LogP) is 6.57. The zero-order valence-corrected chi connectivity index (χ0v) is 29.3. The van der Waals surface area contributed by atoms with Crippen molar-refractivity contribution in [3.8, 4) is 0 Å². The summed E-state index contributed by atoms with van der Waals surface area (Å²) in [6.07, 6.45) is 10.4. The van der Waals surface area contributed by atoms with Crippen molar-refractivity contribution in [1.29, 1.82) is 0 Å². The molecule has 0 aliphatic heterocycles. The number of esters is 2. The molecule has 44 heavy (non-hydrogen) atoms. The Morgan fingerprint density at radius 3 is 1.14 bits per heavy atom. The van der Waals surface area contributed by atoms with Crippen LogP contribution in [-0.2, 0) is 33.3 Å². The van der Waals surface area contributed by atoms with E-state index in [9.17, 15) is 14.4 Å². The fourth-order valence-electron chi connectivity index (χ4n) is 4.20. The molecular weight excluding hydrogens is 568 g/mol. The molecule has 0 aliphatic carbocycles. The Morgan fingerprint density at radius 2 is 0.886 bits per heavy atom. The third-order valence-electron chi connectivity index (χ3n) is 7.25. The largest absolute Gasteiger partial charge is 0.481 e. The topological polar surface area (TPSA) is 149 Å². The van der Waals surface area contributed by atoms with E-state index in [-0.39, 0.29) is 62.2 Å². The van der Waals surface area contributed by atoms with Crippen LogP contribution in [0.2, 0.25) is 0 Å². The lowest BCUT2D eigenvalue weighted by Crippen LogP contribution is -2.31. The van der Waals surface area contributed by atoms with Gasteiger partial charge in [0.1, 0.15) is 25.4 Å². The van der Waals surface area contributed by atoms with Gasteiger partial charge in [0.25, 0.3) is 0 Å². The van der Waals surface area contributed by atoms with Crippen molar-refractivity contribution in [3.05, 3.63) is 0 Å². The van der Waals surface area contributed by atoms with Crippen molar-refractivity contribution in [2.24, 2.45) is 17.8 Å². The maximum Gasteiger partial charge on any atom is 0.309 e. The molecule has 10 heteroatoms. The summed E-state index contributed by atoms with van der Waals surface area (Å²) in [5.74, 6) is -1.22. The SMILES string of the molecule is CCCCC(CC)C(=O)O.CCCCC(CC)C(=O)OCC(COC(=O)C(CC)CCCC)OCC.CCOC(CO)CO. The highest BCUT2D eigenvalue weighted by Gasteiger charge is 2.22. The van der Waals surface area contributed by atoms with Crippen molar-refractivity contribution in [3.63, 3.8) is 0 Å². The number of aliphatic hydroxyl groups is 2. The van der Waals surface area contributed by atoms with Crippen LogP contribution in [0.15, 0.2) is 0 Å². The van der Waals surface area contributed by atoms with Crippen LogP contribution in [-0.4, -0.2) is 85.1 Å². The lowest BCUT2D eigenvalue weighted by atomic mass is 10.00. The molecule has 0 aromatic heterocycles. The molecule has 0 aromatic carbocycles. The van der Waals surface area contributed by atoms with Crippen LogP contribution in [0.3, 0.4) is 0 Å². The van der Waals surface area contributed by atoms with Gasteiger partial charge < -0.3 is 34.3 Å². The van der Waals surface area contributed by atoms with Crippen molar-refractivity contribution in [2.75, 3.05) is 39.6 Å². The number of ether oxygens (including phenoxy) is 4. The normalized spacial score (nSPS) is 13.4. The molecule has 0 bridgehead atoms. The van der Waals surface area contributed by atoms with Crippen LogP contribution in [0.1, 0.15) is 132 Å². The molecule has 0 amide bonds. The smallest absolute Gasteiger partial charge is 0.309 e. The molecule has 3 unspecified atom stereocenters. The summed E-state index contributed by atoms with van der Waals surface area (Å²) in [4.78, 5) is 34.9. The highest BCUT2D eigenvalue weighted by atomic mass is 16.6. The Hall–Kier alpha value is -1.75. The molecular formula is C34H68O10.